The van der Waals surface area contributed by atoms with Gasteiger partial charge in [-0.2, -0.15) is 0 Å². The van der Waals surface area contributed by atoms with Crippen molar-refractivity contribution in [1.29, 1.82) is 0 Å². The topological polar surface area (TPSA) is 12.5 Å². The molecule has 0 N–H and O–H groups in total. The normalized spacial score (nSPS) is 21.4. The highest BCUT2D eigenvalue weighted by atomic mass is 16.5. The van der Waals surface area contributed by atoms with E-state index in [1.807, 2.05) is 6.07 Å². The van der Waals surface area contributed by atoms with Crippen LogP contribution in [0, 0.1) is 17.8 Å². The van der Waals surface area contributed by atoms with Gasteiger partial charge in [-0.25, -0.2) is 0 Å². The first-order valence-corrected chi connectivity index (χ1v) is 9.42. The maximum absolute atomic E-state index is 6.05. The number of rotatable bonds is 6. The predicted octanol–water partition coefficient (Wildman–Crippen LogP) is 5.19. The Morgan fingerprint density at radius 3 is 2.56 bits per heavy atom. The number of hydrogen-bond donors (Lipinski definition) is 0. The molecule has 2 nitrogen and oxygen atoms in total. The smallest absolute Gasteiger partial charge is 0.120 e. The van der Waals surface area contributed by atoms with Crippen molar-refractivity contribution < 1.29 is 4.74 Å². The monoisotopic (exact) mass is 336 g/mol. The molecule has 2 aromatic rings. The molecule has 0 aliphatic heterocycles. The van der Waals surface area contributed by atoms with E-state index in [9.17, 15) is 0 Å². The quantitative estimate of drug-likeness (QED) is 0.720. The molecule has 1 aliphatic carbocycles. The Hall–Kier alpha value is -1.80. The molecular formula is C23H30NO. The number of hydrogen-bond acceptors (Lipinski definition) is 2. The number of ether oxygens (including phenoxy) is 1. The first-order valence-electron chi connectivity index (χ1n) is 9.42. The van der Waals surface area contributed by atoms with E-state index >= 15 is 0 Å². The Balaban J connectivity index is 1.74. The third-order valence-electron chi connectivity index (χ3n) is 5.16. The van der Waals surface area contributed by atoms with Crippen LogP contribution in [-0.4, -0.2) is 25.5 Å². The summed E-state index contributed by atoms with van der Waals surface area (Å²) in [5, 5.41) is 0. The van der Waals surface area contributed by atoms with E-state index < -0.39 is 0 Å². The summed E-state index contributed by atoms with van der Waals surface area (Å²) in [7, 11) is 4.35. The Kier molecular flexibility index (Phi) is 6.14. The molecule has 1 radical (unpaired) electrons. The molecule has 0 saturated heterocycles. The van der Waals surface area contributed by atoms with Crippen molar-refractivity contribution in [3.63, 3.8) is 0 Å². The summed E-state index contributed by atoms with van der Waals surface area (Å²) in [6, 6.07) is 19.1. The standard InChI is InChI=1S/C23H30NO/c1-18-9-7-13-21(16-24(2)3)23(18)20-12-8-14-22(15-20)25-17-19-10-5-4-6-11-19/h4-6,8,10-12,14-15,18,21H,7,9,13,16-17H2,1-3H3. The van der Waals surface area contributed by atoms with Gasteiger partial charge in [0.05, 0.1) is 0 Å². The lowest BCUT2D eigenvalue weighted by Crippen LogP contribution is -2.33. The molecule has 133 valence electrons. The second kappa shape index (κ2) is 8.53. The largest absolute Gasteiger partial charge is 0.489 e. The second-order valence-corrected chi connectivity index (χ2v) is 7.55. The summed E-state index contributed by atoms with van der Waals surface area (Å²) in [6.45, 7) is 4.14. The Bertz CT molecular complexity index is 652. The summed E-state index contributed by atoms with van der Waals surface area (Å²) in [5.41, 5.74) is 2.57. The minimum absolute atomic E-state index is 0.621. The summed E-state index contributed by atoms with van der Waals surface area (Å²) in [5.74, 6) is 3.89. The predicted molar refractivity (Wildman–Crippen MR) is 105 cm³/mol. The lowest BCUT2D eigenvalue weighted by atomic mass is 9.69. The van der Waals surface area contributed by atoms with Gasteiger partial charge < -0.3 is 9.64 Å². The molecule has 0 heterocycles. The van der Waals surface area contributed by atoms with Crippen molar-refractivity contribution >= 4 is 0 Å². The zero-order chi connectivity index (χ0) is 17.6. The van der Waals surface area contributed by atoms with Crippen molar-refractivity contribution in [2.24, 2.45) is 11.8 Å². The Morgan fingerprint density at radius 1 is 1.00 bits per heavy atom. The van der Waals surface area contributed by atoms with Gasteiger partial charge in [0.1, 0.15) is 12.4 Å². The van der Waals surface area contributed by atoms with E-state index in [1.165, 1.54) is 30.4 Å². The van der Waals surface area contributed by atoms with Crippen LogP contribution in [-0.2, 0) is 6.61 Å². The maximum Gasteiger partial charge on any atom is 0.120 e. The molecule has 0 amide bonds. The van der Waals surface area contributed by atoms with Crippen LogP contribution in [0.5, 0.6) is 5.75 Å². The van der Waals surface area contributed by atoms with Crippen LogP contribution < -0.4 is 4.74 Å². The van der Waals surface area contributed by atoms with Crippen molar-refractivity contribution in [3.05, 3.63) is 71.6 Å². The van der Waals surface area contributed by atoms with Crippen LogP contribution in [0.2, 0.25) is 0 Å². The summed E-state index contributed by atoms with van der Waals surface area (Å²) in [6.07, 6.45) is 3.94. The van der Waals surface area contributed by atoms with E-state index in [0.29, 0.717) is 18.4 Å². The van der Waals surface area contributed by atoms with Crippen LogP contribution in [0.15, 0.2) is 54.6 Å². The van der Waals surface area contributed by atoms with Crippen LogP contribution in [0.3, 0.4) is 0 Å². The molecule has 0 bridgehead atoms. The lowest BCUT2D eigenvalue weighted by molar-refractivity contribution is 0.260. The molecule has 0 aromatic heterocycles. The van der Waals surface area contributed by atoms with Gasteiger partial charge in [-0.05, 0) is 62.0 Å². The van der Waals surface area contributed by atoms with E-state index in [-0.39, 0.29) is 0 Å². The molecule has 2 atom stereocenters. The van der Waals surface area contributed by atoms with Crippen LogP contribution >= 0.6 is 0 Å². The van der Waals surface area contributed by atoms with Gasteiger partial charge in [-0.3, -0.25) is 0 Å². The molecule has 1 saturated carbocycles. The van der Waals surface area contributed by atoms with Crippen molar-refractivity contribution in [1.82, 2.24) is 4.90 Å². The van der Waals surface area contributed by atoms with Crippen LogP contribution in [0.4, 0.5) is 0 Å². The second-order valence-electron chi connectivity index (χ2n) is 7.55. The van der Waals surface area contributed by atoms with E-state index in [1.54, 1.807) is 5.92 Å². The van der Waals surface area contributed by atoms with Crippen LogP contribution in [0.1, 0.15) is 37.3 Å². The zero-order valence-electron chi connectivity index (χ0n) is 15.7. The van der Waals surface area contributed by atoms with Gasteiger partial charge in [0.15, 0.2) is 0 Å². The SMILES string of the molecule is CC1CCCC(CN(C)C)[C]1c1cccc(OCc2ccccc2)c1. The number of benzene rings is 2. The number of nitrogens with zero attached hydrogens (tertiary/aromatic N) is 1. The molecule has 3 rings (SSSR count). The van der Waals surface area contributed by atoms with E-state index in [2.05, 4.69) is 74.4 Å². The van der Waals surface area contributed by atoms with Crippen molar-refractivity contribution in [2.45, 2.75) is 32.8 Å². The summed E-state index contributed by atoms with van der Waals surface area (Å²) in [4.78, 5) is 2.32. The first kappa shape index (κ1) is 18.0. The molecular weight excluding hydrogens is 306 g/mol. The van der Waals surface area contributed by atoms with E-state index in [0.717, 1.165) is 12.3 Å². The third kappa shape index (κ3) is 4.85. The molecule has 2 aromatic carbocycles. The third-order valence-corrected chi connectivity index (χ3v) is 5.16. The van der Waals surface area contributed by atoms with Gasteiger partial charge in [-0.1, -0.05) is 55.8 Å². The maximum atomic E-state index is 6.05. The average Bonchev–Trinajstić information content (AvgIpc) is 2.61. The Labute approximate surface area is 152 Å². The fourth-order valence-electron chi connectivity index (χ4n) is 4.04. The summed E-state index contributed by atoms with van der Waals surface area (Å²) < 4.78 is 6.05. The highest BCUT2D eigenvalue weighted by Crippen LogP contribution is 2.42. The molecule has 25 heavy (non-hydrogen) atoms. The molecule has 2 heteroatoms. The highest BCUT2D eigenvalue weighted by molar-refractivity contribution is 5.40. The minimum atomic E-state index is 0.621. The molecule has 1 aliphatic rings. The van der Waals surface area contributed by atoms with Gasteiger partial charge in [0.2, 0.25) is 0 Å². The Morgan fingerprint density at radius 2 is 1.80 bits per heavy atom. The van der Waals surface area contributed by atoms with Crippen molar-refractivity contribution in [3.8, 4) is 5.75 Å². The van der Waals surface area contributed by atoms with Gasteiger partial charge >= 0.3 is 0 Å². The molecule has 0 spiro atoms. The summed E-state index contributed by atoms with van der Waals surface area (Å²) >= 11 is 0. The zero-order valence-corrected chi connectivity index (χ0v) is 15.7. The lowest BCUT2D eigenvalue weighted by Gasteiger charge is -2.38. The molecule has 2 unspecified atom stereocenters. The molecule has 1 fully saturated rings. The van der Waals surface area contributed by atoms with Crippen LogP contribution in [0.25, 0.3) is 0 Å². The minimum Gasteiger partial charge on any atom is -0.489 e. The highest BCUT2D eigenvalue weighted by Gasteiger charge is 2.32. The van der Waals surface area contributed by atoms with E-state index in [4.69, 9.17) is 4.74 Å². The van der Waals surface area contributed by atoms with Gasteiger partial charge in [-0.15, -0.1) is 0 Å². The van der Waals surface area contributed by atoms with Gasteiger partial charge in [0.25, 0.3) is 0 Å². The van der Waals surface area contributed by atoms with Crippen molar-refractivity contribution in [2.75, 3.05) is 20.6 Å². The van der Waals surface area contributed by atoms with Gasteiger partial charge in [0, 0.05) is 12.5 Å². The fraction of sp³-hybridized carbons (Fsp3) is 0.435. The first-order chi connectivity index (χ1) is 12.1. The average molecular weight is 336 g/mol. The fourth-order valence-corrected chi connectivity index (χ4v) is 4.04.